The molecule has 6 heteroatoms. The highest BCUT2D eigenvalue weighted by Gasteiger charge is 2.14. The maximum Gasteiger partial charge on any atom is 0.186 e. The van der Waals surface area contributed by atoms with E-state index >= 15 is 0 Å². The Morgan fingerprint density at radius 3 is 2.58 bits per heavy atom. The fourth-order valence-corrected chi connectivity index (χ4v) is 3.85. The minimum atomic E-state index is 0.281. The van der Waals surface area contributed by atoms with Crippen LogP contribution in [0.2, 0.25) is 0 Å². The molecule has 0 bridgehead atoms. The van der Waals surface area contributed by atoms with Gasteiger partial charge in [-0.3, -0.25) is 0 Å². The third kappa shape index (κ3) is 3.58. The monoisotopic (exact) mass is 404 g/mol. The van der Waals surface area contributed by atoms with Gasteiger partial charge in [-0.2, -0.15) is 5.26 Å². The average molecular weight is 404 g/mol. The lowest BCUT2D eigenvalue weighted by molar-refractivity contribution is 0.756. The molecule has 0 aliphatic heterocycles. The molecule has 2 aromatic heterocycles. The Bertz CT molecular complexity index is 1430. The van der Waals surface area contributed by atoms with Crippen LogP contribution in [-0.2, 0) is 13.1 Å². The molecule has 0 saturated heterocycles. The number of aryl methyl sites for hydroxylation is 1. The number of hydrogen-bond donors (Lipinski definition) is 1. The Hall–Kier alpha value is -4.24. The van der Waals surface area contributed by atoms with Gasteiger partial charge in [-0.15, -0.1) is 10.2 Å². The smallest absolute Gasteiger partial charge is 0.186 e. The van der Waals surface area contributed by atoms with Gasteiger partial charge < -0.3 is 9.88 Å². The van der Waals surface area contributed by atoms with Gasteiger partial charge in [0.05, 0.1) is 28.8 Å². The Morgan fingerprint density at radius 2 is 1.74 bits per heavy atom. The van der Waals surface area contributed by atoms with E-state index < -0.39 is 0 Å². The van der Waals surface area contributed by atoms with Gasteiger partial charge in [0.25, 0.3) is 0 Å². The maximum atomic E-state index is 9.59. The zero-order valence-corrected chi connectivity index (χ0v) is 17.1. The molecule has 150 valence electrons. The predicted molar refractivity (Wildman–Crippen MR) is 122 cm³/mol. The number of fused-ring (bicyclic) bond motifs is 2. The summed E-state index contributed by atoms with van der Waals surface area (Å²) in [5.74, 6) is 0.895. The second-order valence-corrected chi connectivity index (χ2v) is 7.50. The van der Waals surface area contributed by atoms with Crippen molar-refractivity contribution >= 4 is 27.6 Å². The standard InChI is InChI=1S/C25H20N6/c1-17-11-12-20-19(13-17)25(22(14-26)30-29-20)27-15-24-28-21-9-5-6-10-23(21)31(24)16-18-7-3-2-4-8-18/h2-13H,15-16H2,1H3,(H,27,29). The molecule has 5 aromatic rings. The third-order valence-electron chi connectivity index (χ3n) is 5.36. The number of nitrogens with zero attached hydrogens (tertiary/aromatic N) is 5. The normalized spacial score (nSPS) is 11.0. The molecule has 31 heavy (non-hydrogen) atoms. The molecule has 6 nitrogen and oxygen atoms in total. The topological polar surface area (TPSA) is 79.4 Å². The van der Waals surface area contributed by atoms with E-state index in [1.54, 1.807) is 0 Å². The summed E-state index contributed by atoms with van der Waals surface area (Å²) in [6.07, 6.45) is 0. The van der Waals surface area contributed by atoms with Crippen molar-refractivity contribution in [3.05, 3.63) is 95.4 Å². The highest BCUT2D eigenvalue weighted by atomic mass is 15.1. The number of para-hydroxylation sites is 2. The molecular formula is C25H20N6. The fraction of sp³-hybridized carbons (Fsp3) is 0.120. The van der Waals surface area contributed by atoms with Gasteiger partial charge in [0, 0.05) is 11.9 Å². The van der Waals surface area contributed by atoms with Crippen LogP contribution in [-0.4, -0.2) is 19.7 Å². The number of nitriles is 1. The molecule has 0 unspecified atom stereocenters. The maximum absolute atomic E-state index is 9.59. The Kier molecular flexibility index (Phi) is 4.77. The molecule has 0 aliphatic carbocycles. The highest BCUT2D eigenvalue weighted by molar-refractivity contribution is 5.93. The Labute approximate surface area is 179 Å². The van der Waals surface area contributed by atoms with E-state index in [9.17, 15) is 5.26 Å². The lowest BCUT2D eigenvalue weighted by Gasteiger charge is -2.13. The van der Waals surface area contributed by atoms with Gasteiger partial charge in [-0.1, -0.05) is 54.1 Å². The van der Waals surface area contributed by atoms with Crippen LogP contribution in [0.3, 0.4) is 0 Å². The first-order chi connectivity index (χ1) is 15.2. The first-order valence-electron chi connectivity index (χ1n) is 10.1. The van der Waals surface area contributed by atoms with Crippen molar-refractivity contribution in [3.8, 4) is 6.07 Å². The number of nitrogens with one attached hydrogen (secondary N) is 1. The fourth-order valence-electron chi connectivity index (χ4n) is 3.85. The van der Waals surface area contributed by atoms with Crippen LogP contribution in [0.5, 0.6) is 0 Å². The molecule has 0 spiro atoms. The summed E-state index contributed by atoms with van der Waals surface area (Å²) in [6, 6.07) is 26.6. The molecular weight excluding hydrogens is 384 g/mol. The van der Waals surface area contributed by atoms with Crippen molar-refractivity contribution < 1.29 is 0 Å². The van der Waals surface area contributed by atoms with Gasteiger partial charge in [0.15, 0.2) is 5.69 Å². The number of aromatic nitrogens is 4. The number of hydrogen-bond acceptors (Lipinski definition) is 5. The summed E-state index contributed by atoms with van der Waals surface area (Å²) >= 11 is 0. The molecule has 0 atom stereocenters. The molecule has 5 rings (SSSR count). The largest absolute Gasteiger partial charge is 0.375 e. The van der Waals surface area contributed by atoms with Gasteiger partial charge in [0.1, 0.15) is 11.9 Å². The van der Waals surface area contributed by atoms with E-state index in [-0.39, 0.29) is 5.69 Å². The molecule has 3 aromatic carbocycles. The van der Waals surface area contributed by atoms with Crippen molar-refractivity contribution in [1.82, 2.24) is 19.7 Å². The van der Waals surface area contributed by atoms with Crippen LogP contribution >= 0.6 is 0 Å². The number of imidazole rings is 1. The number of anilines is 1. The molecule has 0 aliphatic rings. The van der Waals surface area contributed by atoms with Crippen LogP contribution < -0.4 is 5.32 Å². The minimum Gasteiger partial charge on any atom is -0.375 e. The van der Waals surface area contributed by atoms with E-state index in [1.807, 2.05) is 61.5 Å². The molecule has 0 radical (unpaired) electrons. The van der Waals surface area contributed by atoms with Crippen molar-refractivity contribution in [3.63, 3.8) is 0 Å². The van der Waals surface area contributed by atoms with E-state index in [2.05, 4.69) is 44.3 Å². The van der Waals surface area contributed by atoms with Crippen molar-refractivity contribution in [2.75, 3.05) is 5.32 Å². The van der Waals surface area contributed by atoms with Crippen molar-refractivity contribution in [2.24, 2.45) is 0 Å². The van der Waals surface area contributed by atoms with Crippen LogP contribution in [0.25, 0.3) is 21.9 Å². The minimum absolute atomic E-state index is 0.281. The summed E-state index contributed by atoms with van der Waals surface area (Å²) < 4.78 is 2.21. The highest BCUT2D eigenvalue weighted by Crippen LogP contribution is 2.26. The van der Waals surface area contributed by atoms with Crippen LogP contribution in [0.15, 0.2) is 72.8 Å². The SMILES string of the molecule is Cc1ccc2nnc(C#N)c(NCc3nc4ccccc4n3Cc3ccccc3)c2c1. The second kappa shape index (κ2) is 7.88. The van der Waals surface area contributed by atoms with Crippen LogP contribution in [0, 0.1) is 18.3 Å². The lowest BCUT2D eigenvalue weighted by Crippen LogP contribution is -2.11. The predicted octanol–water partition coefficient (Wildman–Crippen LogP) is 4.82. The molecule has 0 saturated carbocycles. The first kappa shape index (κ1) is 18.8. The average Bonchev–Trinajstić information content (AvgIpc) is 3.15. The summed E-state index contributed by atoms with van der Waals surface area (Å²) in [7, 11) is 0. The van der Waals surface area contributed by atoms with Gasteiger partial charge >= 0.3 is 0 Å². The molecule has 0 fully saturated rings. The van der Waals surface area contributed by atoms with Gasteiger partial charge in [-0.05, 0) is 36.8 Å². The zero-order valence-electron chi connectivity index (χ0n) is 17.1. The quantitative estimate of drug-likeness (QED) is 0.454. The number of rotatable bonds is 5. The molecule has 0 amide bonds. The Balaban J connectivity index is 1.56. The summed E-state index contributed by atoms with van der Waals surface area (Å²) in [5, 5.41) is 22.2. The number of benzene rings is 3. The zero-order chi connectivity index (χ0) is 21.2. The Morgan fingerprint density at radius 1 is 0.935 bits per heavy atom. The summed E-state index contributed by atoms with van der Waals surface area (Å²) in [4.78, 5) is 4.86. The van der Waals surface area contributed by atoms with Gasteiger partial charge in [-0.25, -0.2) is 4.98 Å². The van der Waals surface area contributed by atoms with E-state index in [0.717, 1.165) is 39.9 Å². The second-order valence-electron chi connectivity index (χ2n) is 7.50. The van der Waals surface area contributed by atoms with Crippen molar-refractivity contribution in [1.29, 1.82) is 5.26 Å². The van der Waals surface area contributed by atoms with Crippen molar-refractivity contribution in [2.45, 2.75) is 20.0 Å². The van der Waals surface area contributed by atoms with Crippen LogP contribution in [0.1, 0.15) is 22.6 Å². The first-order valence-corrected chi connectivity index (χ1v) is 10.1. The summed E-state index contributed by atoms with van der Waals surface area (Å²) in [6.45, 7) is 3.21. The van der Waals surface area contributed by atoms with Gasteiger partial charge in [0.2, 0.25) is 0 Å². The van der Waals surface area contributed by atoms with E-state index in [4.69, 9.17) is 4.98 Å². The van der Waals surface area contributed by atoms with E-state index in [1.165, 1.54) is 5.56 Å². The lowest BCUT2D eigenvalue weighted by atomic mass is 10.1. The van der Waals surface area contributed by atoms with Crippen LogP contribution in [0.4, 0.5) is 5.69 Å². The molecule has 2 heterocycles. The summed E-state index contributed by atoms with van der Waals surface area (Å²) in [5.41, 5.74) is 6.06. The third-order valence-corrected chi connectivity index (χ3v) is 5.36. The molecule has 1 N–H and O–H groups in total. The van der Waals surface area contributed by atoms with E-state index in [0.29, 0.717) is 12.2 Å².